The molecule has 1 aromatic rings. The SMILES string of the molecule is [CH2]CCCCCC(OC)(OC)c1ccc(C(F)(F)F)cc1. The number of methoxy groups -OCH3 is 2. The maximum atomic E-state index is 12.6. The summed E-state index contributed by atoms with van der Waals surface area (Å²) in [6.07, 6.45) is -0.0264. The van der Waals surface area contributed by atoms with E-state index in [1.54, 1.807) is 0 Å². The minimum atomic E-state index is -4.34. The van der Waals surface area contributed by atoms with Crippen LogP contribution in [0, 0.1) is 6.92 Å². The summed E-state index contributed by atoms with van der Waals surface area (Å²) in [5.74, 6) is -0.995. The third-order valence-electron chi connectivity index (χ3n) is 3.57. The number of hydrogen-bond acceptors (Lipinski definition) is 2. The first-order chi connectivity index (χ1) is 9.89. The van der Waals surface area contributed by atoms with Crippen LogP contribution in [0.1, 0.15) is 43.2 Å². The number of ether oxygens (including phenoxy) is 2. The van der Waals surface area contributed by atoms with Gasteiger partial charge in [0.1, 0.15) is 0 Å². The molecule has 0 fully saturated rings. The Labute approximate surface area is 124 Å². The lowest BCUT2D eigenvalue weighted by atomic mass is 9.97. The normalized spacial score (nSPS) is 12.7. The average Bonchev–Trinajstić information content (AvgIpc) is 2.47. The molecule has 0 unspecified atom stereocenters. The molecule has 0 saturated heterocycles. The second-order valence-electron chi connectivity index (χ2n) is 4.90. The molecule has 0 spiro atoms. The zero-order chi connectivity index (χ0) is 15.9. The third-order valence-corrected chi connectivity index (χ3v) is 3.57. The zero-order valence-electron chi connectivity index (χ0n) is 12.5. The van der Waals surface area contributed by atoms with Crippen LogP contribution in [-0.2, 0) is 21.4 Å². The fourth-order valence-electron chi connectivity index (χ4n) is 2.29. The van der Waals surface area contributed by atoms with Gasteiger partial charge in [-0.15, -0.1) is 0 Å². The smallest absolute Gasteiger partial charge is 0.349 e. The number of hydrogen-bond donors (Lipinski definition) is 0. The van der Waals surface area contributed by atoms with E-state index in [-0.39, 0.29) is 0 Å². The van der Waals surface area contributed by atoms with Crippen molar-refractivity contribution >= 4 is 0 Å². The molecular weight excluding hydrogens is 281 g/mol. The first-order valence-corrected chi connectivity index (χ1v) is 6.97. The molecule has 0 aliphatic carbocycles. The first-order valence-electron chi connectivity index (χ1n) is 6.97. The van der Waals surface area contributed by atoms with Crippen LogP contribution in [0.25, 0.3) is 0 Å². The molecule has 0 bridgehead atoms. The van der Waals surface area contributed by atoms with Crippen molar-refractivity contribution in [1.82, 2.24) is 0 Å². The highest BCUT2D eigenvalue weighted by molar-refractivity contribution is 5.27. The standard InChI is InChI=1S/C16H22F3O2/c1-4-5-6-7-12-15(20-2,21-3)13-8-10-14(11-9-13)16(17,18)19/h8-11H,1,4-7,12H2,2-3H3. The summed E-state index contributed by atoms with van der Waals surface area (Å²) in [6.45, 7) is 3.78. The van der Waals surface area contributed by atoms with E-state index in [1.165, 1.54) is 26.4 Å². The summed E-state index contributed by atoms with van der Waals surface area (Å²) < 4.78 is 48.7. The number of rotatable bonds is 8. The van der Waals surface area contributed by atoms with Crippen molar-refractivity contribution in [3.05, 3.63) is 42.3 Å². The number of unbranched alkanes of at least 4 members (excludes halogenated alkanes) is 3. The quantitative estimate of drug-likeness (QED) is 0.500. The van der Waals surface area contributed by atoms with Gasteiger partial charge in [-0.1, -0.05) is 38.3 Å². The Bertz CT molecular complexity index is 409. The van der Waals surface area contributed by atoms with Gasteiger partial charge >= 0.3 is 6.18 Å². The minimum absolute atomic E-state index is 0.589. The van der Waals surface area contributed by atoms with Gasteiger partial charge < -0.3 is 9.47 Å². The molecule has 0 N–H and O–H groups in total. The Morgan fingerprint density at radius 3 is 1.86 bits per heavy atom. The molecule has 119 valence electrons. The van der Waals surface area contributed by atoms with Crippen LogP contribution in [0.3, 0.4) is 0 Å². The zero-order valence-corrected chi connectivity index (χ0v) is 12.5. The van der Waals surface area contributed by atoms with Crippen molar-refractivity contribution < 1.29 is 22.6 Å². The van der Waals surface area contributed by atoms with Gasteiger partial charge in [0.25, 0.3) is 0 Å². The molecule has 1 rings (SSSR count). The van der Waals surface area contributed by atoms with Crippen LogP contribution in [-0.4, -0.2) is 14.2 Å². The molecular formula is C16H22F3O2. The number of halogens is 3. The van der Waals surface area contributed by atoms with E-state index in [0.29, 0.717) is 12.0 Å². The van der Waals surface area contributed by atoms with E-state index in [1.807, 2.05) is 0 Å². The monoisotopic (exact) mass is 303 g/mol. The fraction of sp³-hybridized carbons (Fsp3) is 0.562. The lowest BCUT2D eigenvalue weighted by molar-refractivity contribution is -0.221. The molecule has 21 heavy (non-hydrogen) atoms. The maximum Gasteiger partial charge on any atom is 0.416 e. The Morgan fingerprint density at radius 1 is 0.905 bits per heavy atom. The Morgan fingerprint density at radius 2 is 1.43 bits per heavy atom. The van der Waals surface area contributed by atoms with Crippen LogP contribution in [0.4, 0.5) is 13.2 Å². The molecule has 0 amide bonds. The Kier molecular flexibility index (Phi) is 6.68. The average molecular weight is 303 g/mol. The number of alkyl halides is 3. The lowest BCUT2D eigenvalue weighted by Gasteiger charge is -2.31. The fourth-order valence-corrected chi connectivity index (χ4v) is 2.29. The van der Waals surface area contributed by atoms with Gasteiger partial charge in [0.05, 0.1) is 5.56 Å². The molecule has 0 aromatic heterocycles. The van der Waals surface area contributed by atoms with Crippen molar-refractivity contribution in [1.29, 1.82) is 0 Å². The molecule has 2 nitrogen and oxygen atoms in total. The molecule has 5 heteroatoms. The highest BCUT2D eigenvalue weighted by Gasteiger charge is 2.34. The van der Waals surface area contributed by atoms with Gasteiger partial charge in [-0.05, 0) is 18.6 Å². The highest BCUT2D eigenvalue weighted by Crippen LogP contribution is 2.35. The molecule has 0 saturated carbocycles. The molecule has 0 atom stereocenters. The molecule has 1 radical (unpaired) electrons. The van der Waals surface area contributed by atoms with E-state index in [0.717, 1.165) is 37.8 Å². The predicted molar refractivity (Wildman–Crippen MR) is 75.6 cm³/mol. The molecule has 0 aliphatic rings. The summed E-state index contributed by atoms with van der Waals surface area (Å²) in [7, 11) is 3.01. The van der Waals surface area contributed by atoms with Crippen LogP contribution in [0.2, 0.25) is 0 Å². The van der Waals surface area contributed by atoms with Crippen molar-refractivity contribution in [3.63, 3.8) is 0 Å². The summed E-state index contributed by atoms with van der Waals surface area (Å²) in [6, 6.07) is 4.94. The third kappa shape index (κ3) is 4.71. The van der Waals surface area contributed by atoms with Gasteiger partial charge in [-0.2, -0.15) is 13.2 Å². The number of benzene rings is 1. The topological polar surface area (TPSA) is 18.5 Å². The van der Waals surface area contributed by atoms with E-state index in [2.05, 4.69) is 6.92 Å². The second-order valence-corrected chi connectivity index (χ2v) is 4.90. The van der Waals surface area contributed by atoms with Crippen LogP contribution >= 0.6 is 0 Å². The van der Waals surface area contributed by atoms with Crippen molar-refractivity contribution in [3.8, 4) is 0 Å². The Hall–Kier alpha value is -1.07. The van der Waals surface area contributed by atoms with Crippen LogP contribution in [0.15, 0.2) is 24.3 Å². The van der Waals surface area contributed by atoms with Crippen LogP contribution in [0.5, 0.6) is 0 Å². The molecule has 1 aromatic carbocycles. The van der Waals surface area contributed by atoms with Gasteiger partial charge in [-0.3, -0.25) is 0 Å². The largest absolute Gasteiger partial charge is 0.416 e. The second kappa shape index (κ2) is 7.80. The van der Waals surface area contributed by atoms with E-state index in [9.17, 15) is 13.2 Å². The van der Waals surface area contributed by atoms with Gasteiger partial charge in [-0.25, -0.2) is 0 Å². The maximum absolute atomic E-state index is 12.6. The summed E-state index contributed by atoms with van der Waals surface area (Å²) in [5, 5.41) is 0. The highest BCUT2D eigenvalue weighted by atomic mass is 19.4. The van der Waals surface area contributed by atoms with Crippen molar-refractivity contribution in [2.75, 3.05) is 14.2 Å². The minimum Gasteiger partial charge on any atom is -0.349 e. The first kappa shape index (κ1) is 18.0. The summed E-state index contributed by atoms with van der Waals surface area (Å²) in [4.78, 5) is 0. The van der Waals surface area contributed by atoms with Gasteiger partial charge in [0.2, 0.25) is 0 Å². The lowest BCUT2D eigenvalue weighted by Crippen LogP contribution is -2.31. The van der Waals surface area contributed by atoms with Gasteiger partial charge in [0.15, 0.2) is 5.79 Å². The van der Waals surface area contributed by atoms with E-state index in [4.69, 9.17) is 9.47 Å². The van der Waals surface area contributed by atoms with Crippen LogP contribution < -0.4 is 0 Å². The summed E-state index contributed by atoms with van der Waals surface area (Å²) in [5.41, 5.74) is -0.0838. The van der Waals surface area contributed by atoms with Gasteiger partial charge in [0, 0.05) is 26.2 Å². The van der Waals surface area contributed by atoms with E-state index < -0.39 is 17.5 Å². The Balaban J connectivity index is 2.89. The molecule has 0 aliphatic heterocycles. The predicted octanol–water partition coefficient (Wildman–Crippen LogP) is 4.94. The van der Waals surface area contributed by atoms with E-state index >= 15 is 0 Å². The summed E-state index contributed by atoms with van der Waals surface area (Å²) >= 11 is 0. The van der Waals surface area contributed by atoms with Crippen molar-refractivity contribution in [2.45, 2.75) is 44.1 Å². The van der Waals surface area contributed by atoms with Crippen molar-refractivity contribution in [2.24, 2.45) is 0 Å². The molecule has 0 heterocycles.